The topological polar surface area (TPSA) is 54.0 Å². The van der Waals surface area contributed by atoms with E-state index in [9.17, 15) is 5.11 Å². The minimum Gasteiger partial charge on any atom is -0.507 e. The summed E-state index contributed by atoms with van der Waals surface area (Å²) in [4.78, 5) is 2.37. The van der Waals surface area contributed by atoms with E-state index >= 15 is 0 Å². The summed E-state index contributed by atoms with van der Waals surface area (Å²) in [5, 5.41) is 13.4. The van der Waals surface area contributed by atoms with Crippen molar-refractivity contribution < 1.29 is 14.6 Å². The van der Waals surface area contributed by atoms with Crippen molar-refractivity contribution in [2.24, 2.45) is 0 Å². The molecule has 2 N–H and O–H groups in total. The number of phenols is 1. The number of benzene rings is 1. The van der Waals surface area contributed by atoms with Gasteiger partial charge in [0.15, 0.2) is 11.5 Å². The number of hydrogen-bond donors (Lipinski definition) is 2. The second kappa shape index (κ2) is 6.81. The maximum absolute atomic E-state index is 9.98. The summed E-state index contributed by atoms with van der Waals surface area (Å²) in [7, 11) is 0. The number of aromatic hydroxyl groups is 1. The highest BCUT2D eigenvalue weighted by atomic mass is 16.7. The Morgan fingerprint density at radius 3 is 2.55 bits per heavy atom. The van der Waals surface area contributed by atoms with Crippen LogP contribution in [0.4, 0.5) is 0 Å². The van der Waals surface area contributed by atoms with Crippen molar-refractivity contribution in [2.75, 3.05) is 26.4 Å². The Hall–Kier alpha value is -1.46. The van der Waals surface area contributed by atoms with Crippen molar-refractivity contribution in [3.05, 3.63) is 17.7 Å². The molecule has 5 nitrogen and oxygen atoms in total. The van der Waals surface area contributed by atoms with E-state index in [2.05, 4.69) is 31.0 Å². The van der Waals surface area contributed by atoms with Crippen LogP contribution in [-0.2, 0) is 6.54 Å². The van der Waals surface area contributed by atoms with Gasteiger partial charge in [0.05, 0.1) is 0 Å². The van der Waals surface area contributed by atoms with Crippen molar-refractivity contribution >= 4 is 0 Å². The molecule has 1 heterocycles. The predicted octanol–water partition coefficient (Wildman–Crippen LogP) is 1.94. The van der Waals surface area contributed by atoms with Crippen molar-refractivity contribution in [2.45, 2.75) is 33.4 Å². The Morgan fingerprint density at radius 1 is 1.25 bits per heavy atom. The number of fused-ring (bicyclic) bond motifs is 1. The van der Waals surface area contributed by atoms with E-state index in [1.54, 1.807) is 6.07 Å². The monoisotopic (exact) mass is 280 g/mol. The summed E-state index contributed by atoms with van der Waals surface area (Å²) in [5.41, 5.74) is 0.834. The van der Waals surface area contributed by atoms with Crippen LogP contribution in [0.25, 0.3) is 0 Å². The molecular formula is C15H24N2O3. The van der Waals surface area contributed by atoms with Crippen LogP contribution < -0.4 is 14.8 Å². The third kappa shape index (κ3) is 3.55. The van der Waals surface area contributed by atoms with Crippen LogP contribution in [0.15, 0.2) is 12.1 Å². The molecule has 0 saturated heterocycles. The number of hydrogen-bond acceptors (Lipinski definition) is 5. The summed E-state index contributed by atoms with van der Waals surface area (Å²) < 4.78 is 10.6. The number of rotatable bonds is 7. The van der Waals surface area contributed by atoms with Gasteiger partial charge in [0.25, 0.3) is 0 Å². The maximum Gasteiger partial charge on any atom is 0.231 e. The molecule has 1 aliphatic rings. The lowest BCUT2D eigenvalue weighted by atomic mass is 10.1. The first-order chi connectivity index (χ1) is 9.63. The molecule has 0 fully saturated rings. The Kier molecular flexibility index (Phi) is 5.09. The zero-order valence-electron chi connectivity index (χ0n) is 12.5. The maximum atomic E-state index is 9.98. The van der Waals surface area contributed by atoms with E-state index in [1.807, 2.05) is 6.07 Å². The largest absolute Gasteiger partial charge is 0.507 e. The van der Waals surface area contributed by atoms with Gasteiger partial charge in [-0.25, -0.2) is 0 Å². The van der Waals surface area contributed by atoms with Gasteiger partial charge in [-0.15, -0.1) is 0 Å². The number of likely N-dealkylation sites (N-methyl/N-ethyl adjacent to an activating group) is 1. The number of ether oxygens (including phenoxy) is 2. The molecule has 0 bridgehead atoms. The second-order valence-corrected chi connectivity index (χ2v) is 5.10. The fourth-order valence-electron chi connectivity index (χ4n) is 2.33. The van der Waals surface area contributed by atoms with Crippen LogP contribution >= 0.6 is 0 Å². The molecule has 1 atom stereocenters. The van der Waals surface area contributed by atoms with Gasteiger partial charge in [-0.2, -0.15) is 0 Å². The highest BCUT2D eigenvalue weighted by Gasteiger charge is 2.17. The summed E-state index contributed by atoms with van der Waals surface area (Å²) in [5.74, 6) is 1.57. The van der Waals surface area contributed by atoms with Crippen LogP contribution in [-0.4, -0.2) is 42.5 Å². The minimum atomic E-state index is 0.226. The van der Waals surface area contributed by atoms with Crippen LogP contribution in [0, 0.1) is 0 Å². The van der Waals surface area contributed by atoms with Gasteiger partial charge in [-0.1, -0.05) is 13.8 Å². The predicted molar refractivity (Wildman–Crippen MR) is 78.3 cm³/mol. The number of nitrogens with zero attached hydrogens (tertiary/aromatic N) is 1. The first kappa shape index (κ1) is 14.9. The van der Waals surface area contributed by atoms with Gasteiger partial charge >= 0.3 is 0 Å². The van der Waals surface area contributed by atoms with E-state index in [-0.39, 0.29) is 12.5 Å². The highest BCUT2D eigenvalue weighted by molar-refractivity contribution is 5.51. The van der Waals surface area contributed by atoms with E-state index < -0.39 is 0 Å². The molecule has 0 saturated carbocycles. The quantitative estimate of drug-likeness (QED) is 0.799. The number of phenolic OH excluding ortho intramolecular Hbond substituents is 1. The molecule has 1 aromatic rings. The lowest BCUT2D eigenvalue weighted by Gasteiger charge is -2.23. The van der Waals surface area contributed by atoms with Crippen molar-refractivity contribution in [3.63, 3.8) is 0 Å². The lowest BCUT2D eigenvalue weighted by molar-refractivity contribution is 0.174. The van der Waals surface area contributed by atoms with Crippen LogP contribution in [0.3, 0.4) is 0 Å². The zero-order valence-corrected chi connectivity index (χ0v) is 12.5. The Balaban J connectivity index is 1.90. The Bertz CT molecular complexity index is 447. The first-order valence-corrected chi connectivity index (χ1v) is 7.21. The first-order valence-electron chi connectivity index (χ1n) is 7.21. The van der Waals surface area contributed by atoms with Gasteiger partial charge in [0.2, 0.25) is 6.79 Å². The van der Waals surface area contributed by atoms with Gasteiger partial charge in [-0.05, 0) is 26.1 Å². The van der Waals surface area contributed by atoms with E-state index in [1.165, 1.54) is 0 Å². The van der Waals surface area contributed by atoms with Crippen LogP contribution in [0.1, 0.15) is 26.3 Å². The average Bonchev–Trinajstić information content (AvgIpc) is 2.89. The molecule has 0 aliphatic carbocycles. The van der Waals surface area contributed by atoms with Crippen LogP contribution in [0.2, 0.25) is 0 Å². The molecule has 1 aliphatic heterocycles. The lowest BCUT2D eigenvalue weighted by Crippen LogP contribution is -2.38. The summed E-state index contributed by atoms with van der Waals surface area (Å²) in [6, 6.07) is 3.82. The van der Waals surface area contributed by atoms with Crippen molar-refractivity contribution in [3.8, 4) is 17.2 Å². The van der Waals surface area contributed by atoms with Gasteiger partial charge in [-0.3, -0.25) is 0 Å². The fraction of sp³-hybridized carbons (Fsp3) is 0.600. The summed E-state index contributed by atoms with van der Waals surface area (Å²) in [6.07, 6.45) is 0. The molecule has 112 valence electrons. The molecular weight excluding hydrogens is 256 g/mol. The molecule has 5 heteroatoms. The minimum absolute atomic E-state index is 0.226. The molecule has 1 aromatic carbocycles. The van der Waals surface area contributed by atoms with E-state index in [0.29, 0.717) is 24.1 Å². The zero-order chi connectivity index (χ0) is 14.5. The van der Waals surface area contributed by atoms with Gasteiger partial charge in [0.1, 0.15) is 5.75 Å². The smallest absolute Gasteiger partial charge is 0.231 e. The Labute approximate surface area is 120 Å². The fourth-order valence-corrected chi connectivity index (χ4v) is 2.33. The van der Waals surface area contributed by atoms with E-state index in [0.717, 1.165) is 25.2 Å². The van der Waals surface area contributed by atoms with Crippen LogP contribution in [0.5, 0.6) is 17.2 Å². The summed E-state index contributed by atoms with van der Waals surface area (Å²) >= 11 is 0. The van der Waals surface area contributed by atoms with Crippen molar-refractivity contribution in [1.29, 1.82) is 0 Å². The molecule has 0 amide bonds. The Morgan fingerprint density at radius 2 is 1.90 bits per heavy atom. The molecule has 20 heavy (non-hydrogen) atoms. The molecule has 0 spiro atoms. The third-order valence-corrected chi connectivity index (χ3v) is 3.64. The van der Waals surface area contributed by atoms with Crippen molar-refractivity contribution in [1.82, 2.24) is 10.2 Å². The molecule has 2 rings (SSSR count). The molecule has 0 aromatic heterocycles. The standard InChI is InChI=1S/C15H24N2O3/c1-4-17(5-2)9-11(3)16-8-12-6-14-15(7-13(12)18)20-10-19-14/h6-7,11,16,18H,4-5,8-10H2,1-3H3. The number of nitrogens with one attached hydrogen (secondary N) is 1. The van der Waals surface area contributed by atoms with Gasteiger partial charge < -0.3 is 24.8 Å². The molecule has 1 unspecified atom stereocenters. The SMILES string of the molecule is CCN(CC)CC(C)NCc1cc2c(cc1O)OCO2. The molecule has 0 radical (unpaired) electrons. The third-order valence-electron chi connectivity index (χ3n) is 3.64. The highest BCUT2D eigenvalue weighted by Crippen LogP contribution is 2.37. The second-order valence-electron chi connectivity index (χ2n) is 5.10. The van der Waals surface area contributed by atoms with E-state index in [4.69, 9.17) is 9.47 Å². The normalized spacial score (nSPS) is 14.8. The summed E-state index contributed by atoms with van der Waals surface area (Å²) in [6.45, 7) is 10.4. The van der Waals surface area contributed by atoms with Gasteiger partial charge in [0, 0.05) is 30.8 Å². The average molecular weight is 280 g/mol.